The summed E-state index contributed by atoms with van der Waals surface area (Å²) in [7, 11) is 0. The number of carbonyl (C=O) groups is 1. The maximum atomic E-state index is 11.9. The second-order valence-corrected chi connectivity index (χ2v) is 5.87. The average Bonchev–Trinajstić information content (AvgIpc) is 3.00. The van der Waals surface area contributed by atoms with E-state index in [1.54, 1.807) is 0 Å². The number of hydrogen-bond donors (Lipinski definition) is 2. The number of amides is 1. The van der Waals surface area contributed by atoms with Crippen LogP contribution in [-0.2, 0) is 4.79 Å². The quantitative estimate of drug-likeness (QED) is 0.771. The first kappa shape index (κ1) is 12.9. The predicted octanol–water partition coefficient (Wildman–Crippen LogP) is 2.20. The number of rotatable bonds is 5. The fourth-order valence-electron chi connectivity index (χ4n) is 3.11. The maximum Gasteiger partial charge on any atom is 0.220 e. The van der Waals surface area contributed by atoms with Gasteiger partial charge in [-0.1, -0.05) is 26.2 Å². The summed E-state index contributed by atoms with van der Waals surface area (Å²) in [5.74, 6) is 1.41. The van der Waals surface area contributed by atoms with Crippen molar-refractivity contribution in [2.75, 3.05) is 0 Å². The van der Waals surface area contributed by atoms with Gasteiger partial charge < -0.3 is 11.1 Å². The summed E-state index contributed by atoms with van der Waals surface area (Å²) in [5, 5.41) is 3.16. The van der Waals surface area contributed by atoms with Crippen molar-refractivity contribution in [1.29, 1.82) is 0 Å². The van der Waals surface area contributed by atoms with E-state index in [9.17, 15) is 4.79 Å². The van der Waals surface area contributed by atoms with Gasteiger partial charge in [0.05, 0.1) is 0 Å². The second kappa shape index (κ2) is 5.85. The van der Waals surface area contributed by atoms with Gasteiger partial charge in [0.1, 0.15) is 0 Å². The van der Waals surface area contributed by atoms with E-state index in [1.807, 2.05) is 0 Å². The van der Waals surface area contributed by atoms with Crippen LogP contribution in [0.15, 0.2) is 0 Å². The molecule has 2 saturated carbocycles. The van der Waals surface area contributed by atoms with Crippen molar-refractivity contribution in [2.45, 2.75) is 70.4 Å². The zero-order valence-electron chi connectivity index (χ0n) is 11.0. The Hall–Kier alpha value is -0.570. The molecule has 3 heteroatoms. The van der Waals surface area contributed by atoms with E-state index in [4.69, 9.17) is 5.73 Å². The van der Waals surface area contributed by atoms with Gasteiger partial charge in [-0.05, 0) is 37.5 Å². The van der Waals surface area contributed by atoms with Crippen LogP contribution in [0.2, 0.25) is 0 Å². The normalized spacial score (nSPS) is 36.6. The zero-order chi connectivity index (χ0) is 12.3. The molecule has 4 unspecified atom stereocenters. The topological polar surface area (TPSA) is 55.1 Å². The summed E-state index contributed by atoms with van der Waals surface area (Å²) < 4.78 is 0. The van der Waals surface area contributed by atoms with Crippen molar-refractivity contribution in [3.63, 3.8) is 0 Å². The third-order valence-electron chi connectivity index (χ3n) is 4.34. The van der Waals surface area contributed by atoms with Crippen LogP contribution >= 0.6 is 0 Å². The van der Waals surface area contributed by atoms with Gasteiger partial charge in [-0.15, -0.1) is 0 Å². The molecule has 0 heterocycles. The zero-order valence-corrected chi connectivity index (χ0v) is 11.0. The summed E-state index contributed by atoms with van der Waals surface area (Å²) >= 11 is 0. The number of hydrogen-bond acceptors (Lipinski definition) is 2. The Morgan fingerprint density at radius 2 is 2.06 bits per heavy atom. The third-order valence-corrected chi connectivity index (χ3v) is 4.34. The van der Waals surface area contributed by atoms with Gasteiger partial charge in [0.15, 0.2) is 0 Å². The molecule has 2 aliphatic rings. The van der Waals surface area contributed by atoms with Gasteiger partial charge >= 0.3 is 0 Å². The first-order valence-electron chi connectivity index (χ1n) is 7.25. The molecular weight excluding hydrogens is 212 g/mol. The Morgan fingerprint density at radius 3 is 2.76 bits per heavy atom. The fourth-order valence-corrected chi connectivity index (χ4v) is 3.11. The molecular formula is C14H26N2O. The van der Waals surface area contributed by atoms with Gasteiger partial charge in [-0.25, -0.2) is 0 Å². The monoisotopic (exact) mass is 238 g/mol. The molecule has 0 radical (unpaired) electrons. The SMILES string of the molecule is CCCC1CC1NC(=O)CC1CCCCC1N. The molecule has 3 nitrogen and oxygen atoms in total. The minimum atomic E-state index is 0.232. The molecule has 2 fully saturated rings. The Bertz CT molecular complexity index is 267. The molecule has 0 saturated heterocycles. The standard InChI is InChI=1S/C14H26N2O/c1-2-5-11-8-13(11)16-14(17)9-10-6-3-4-7-12(10)15/h10-13H,2-9,15H2,1H3,(H,16,17). The number of carbonyl (C=O) groups excluding carboxylic acids is 1. The molecule has 0 aromatic heterocycles. The summed E-state index contributed by atoms with van der Waals surface area (Å²) in [6, 6.07) is 0.724. The molecule has 4 atom stereocenters. The van der Waals surface area contributed by atoms with Gasteiger partial charge in [-0.3, -0.25) is 4.79 Å². The molecule has 2 aliphatic carbocycles. The molecule has 2 rings (SSSR count). The van der Waals surface area contributed by atoms with Gasteiger partial charge in [0.25, 0.3) is 0 Å². The third kappa shape index (κ3) is 3.70. The molecule has 0 aliphatic heterocycles. The van der Waals surface area contributed by atoms with Crippen molar-refractivity contribution in [3.05, 3.63) is 0 Å². The predicted molar refractivity (Wildman–Crippen MR) is 69.5 cm³/mol. The lowest BCUT2D eigenvalue weighted by atomic mass is 9.83. The molecule has 0 aromatic carbocycles. The van der Waals surface area contributed by atoms with Crippen LogP contribution in [-0.4, -0.2) is 18.0 Å². The van der Waals surface area contributed by atoms with E-state index in [-0.39, 0.29) is 11.9 Å². The lowest BCUT2D eigenvalue weighted by molar-refractivity contribution is -0.122. The largest absolute Gasteiger partial charge is 0.353 e. The van der Waals surface area contributed by atoms with Crippen LogP contribution in [0, 0.1) is 11.8 Å². The van der Waals surface area contributed by atoms with Crippen molar-refractivity contribution < 1.29 is 4.79 Å². The lowest BCUT2D eigenvalue weighted by Crippen LogP contribution is -2.37. The molecule has 1 amide bonds. The van der Waals surface area contributed by atoms with Crippen LogP contribution in [0.1, 0.15) is 58.3 Å². The van der Waals surface area contributed by atoms with Gasteiger partial charge in [-0.2, -0.15) is 0 Å². The van der Waals surface area contributed by atoms with Crippen LogP contribution in [0.3, 0.4) is 0 Å². The average molecular weight is 238 g/mol. The van der Waals surface area contributed by atoms with Crippen LogP contribution in [0.25, 0.3) is 0 Å². The molecule has 17 heavy (non-hydrogen) atoms. The van der Waals surface area contributed by atoms with Gasteiger partial charge in [0, 0.05) is 18.5 Å². The summed E-state index contributed by atoms with van der Waals surface area (Å²) in [5.41, 5.74) is 6.07. The highest BCUT2D eigenvalue weighted by molar-refractivity contribution is 5.77. The van der Waals surface area contributed by atoms with Crippen molar-refractivity contribution in [2.24, 2.45) is 17.6 Å². The molecule has 98 valence electrons. The van der Waals surface area contributed by atoms with Crippen molar-refractivity contribution >= 4 is 5.91 Å². The highest BCUT2D eigenvalue weighted by Gasteiger charge is 2.37. The van der Waals surface area contributed by atoms with E-state index in [0.717, 1.165) is 18.8 Å². The van der Waals surface area contributed by atoms with E-state index in [1.165, 1.54) is 32.1 Å². The Kier molecular flexibility index (Phi) is 4.43. The maximum absolute atomic E-state index is 11.9. The van der Waals surface area contributed by atoms with E-state index >= 15 is 0 Å². The fraction of sp³-hybridized carbons (Fsp3) is 0.929. The van der Waals surface area contributed by atoms with Gasteiger partial charge in [0.2, 0.25) is 5.91 Å². The molecule has 0 bridgehead atoms. The Morgan fingerprint density at radius 1 is 1.29 bits per heavy atom. The minimum absolute atomic E-state index is 0.232. The number of nitrogens with two attached hydrogens (primary N) is 1. The van der Waals surface area contributed by atoms with Crippen molar-refractivity contribution in [1.82, 2.24) is 5.32 Å². The molecule has 0 aromatic rings. The van der Waals surface area contributed by atoms with Crippen LogP contribution in [0.4, 0.5) is 0 Å². The summed E-state index contributed by atoms with van der Waals surface area (Å²) in [4.78, 5) is 11.9. The smallest absolute Gasteiger partial charge is 0.220 e. The first-order valence-corrected chi connectivity index (χ1v) is 7.25. The first-order chi connectivity index (χ1) is 8.20. The molecule has 0 spiro atoms. The molecule has 3 N–H and O–H groups in total. The summed E-state index contributed by atoms with van der Waals surface area (Å²) in [6.07, 6.45) is 9.04. The minimum Gasteiger partial charge on any atom is -0.353 e. The summed E-state index contributed by atoms with van der Waals surface area (Å²) in [6.45, 7) is 2.21. The highest BCUT2D eigenvalue weighted by atomic mass is 16.1. The van der Waals surface area contributed by atoms with Crippen LogP contribution < -0.4 is 11.1 Å². The lowest BCUT2D eigenvalue weighted by Gasteiger charge is -2.28. The highest BCUT2D eigenvalue weighted by Crippen LogP contribution is 2.35. The van der Waals surface area contributed by atoms with E-state index in [0.29, 0.717) is 18.4 Å². The van der Waals surface area contributed by atoms with Crippen molar-refractivity contribution in [3.8, 4) is 0 Å². The number of nitrogens with one attached hydrogen (secondary N) is 1. The Labute approximate surface area is 105 Å². The Balaban J connectivity index is 1.67. The van der Waals surface area contributed by atoms with Crippen LogP contribution in [0.5, 0.6) is 0 Å². The van der Waals surface area contributed by atoms with E-state index < -0.39 is 0 Å². The van der Waals surface area contributed by atoms with E-state index in [2.05, 4.69) is 12.2 Å². The second-order valence-electron chi connectivity index (χ2n) is 5.87.